The quantitative estimate of drug-likeness (QED) is 0.819. The number of halogens is 4. The molecular formula is C14H11BrF3N. The first-order valence-electron chi connectivity index (χ1n) is 5.62. The lowest BCUT2D eigenvalue weighted by molar-refractivity contribution is 0.151. The van der Waals surface area contributed by atoms with Gasteiger partial charge in [-0.3, -0.25) is 0 Å². The van der Waals surface area contributed by atoms with Gasteiger partial charge < -0.3 is 5.32 Å². The van der Waals surface area contributed by atoms with Gasteiger partial charge in [0.25, 0.3) is 6.43 Å². The van der Waals surface area contributed by atoms with Crippen LogP contribution in [0.15, 0.2) is 46.9 Å². The van der Waals surface area contributed by atoms with Crippen molar-refractivity contribution in [3.05, 3.63) is 63.9 Å². The van der Waals surface area contributed by atoms with Crippen LogP contribution in [0, 0.1) is 5.82 Å². The molecule has 2 rings (SSSR count). The maximum absolute atomic E-state index is 13.0. The van der Waals surface area contributed by atoms with Gasteiger partial charge in [-0.1, -0.05) is 18.2 Å². The highest BCUT2D eigenvalue weighted by Gasteiger charge is 2.07. The van der Waals surface area contributed by atoms with Gasteiger partial charge in [-0.15, -0.1) is 0 Å². The van der Waals surface area contributed by atoms with Gasteiger partial charge in [-0.2, -0.15) is 0 Å². The molecule has 0 saturated heterocycles. The highest BCUT2D eigenvalue weighted by atomic mass is 79.9. The molecule has 0 aliphatic rings. The number of nitrogens with one attached hydrogen (secondary N) is 1. The summed E-state index contributed by atoms with van der Waals surface area (Å²) in [6.07, 6.45) is -2.47. The fourth-order valence-electron chi connectivity index (χ4n) is 1.65. The number of alkyl halides is 2. The predicted molar refractivity (Wildman–Crippen MR) is 72.8 cm³/mol. The Labute approximate surface area is 117 Å². The van der Waals surface area contributed by atoms with Crippen molar-refractivity contribution in [3.8, 4) is 0 Å². The van der Waals surface area contributed by atoms with Crippen LogP contribution in [0.3, 0.4) is 0 Å². The molecular weight excluding hydrogens is 319 g/mol. The van der Waals surface area contributed by atoms with E-state index in [0.29, 0.717) is 11.0 Å². The van der Waals surface area contributed by atoms with Crippen LogP contribution in [-0.4, -0.2) is 0 Å². The first-order valence-corrected chi connectivity index (χ1v) is 6.41. The normalized spacial score (nSPS) is 10.8. The summed E-state index contributed by atoms with van der Waals surface area (Å²) in [5.41, 5.74) is 1.47. The predicted octanol–water partition coefficient (Wildman–Crippen LogP) is 5.14. The van der Waals surface area contributed by atoms with Crippen LogP contribution >= 0.6 is 15.9 Å². The van der Waals surface area contributed by atoms with Gasteiger partial charge in [-0.25, -0.2) is 13.2 Å². The van der Waals surface area contributed by atoms with Gasteiger partial charge in [0.05, 0.1) is 4.47 Å². The second kappa shape index (κ2) is 6.10. The molecule has 5 heteroatoms. The van der Waals surface area contributed by atoms with E-state index in [9.17, 15) is 13.2 Å². The van der Waals surface area contributed by atoms with Gasteiger partial charge in [-0.05, 0) is 45.8 Å². The van der Waals surface area contributed by atoms with Crippen molar-refractivity contribution in [1.29, 1.82) is 0 Å². The van der Waals surface area contributed by atoms with Crippen molar-refractivity contribution in [3.63, 3.8) is 0 Å². The molecule has 0 unspecified atom stereocenters. The third kappa shape index (κ3) is 3.73. The molecule has 0 radical (unpaired) electrons. The number of rotatable bonds is 4. The largest absolute Gasteiger partial charge is 0.381 e. The molecule has 0 spiro atoms. The summed E-state index contributed by atoms with van der Waals surface area (Å²) >= 11 is 3.09. The Kier molecular flexibility index (Phi) is 4.47. The summed E-state index contributed by atoms with van der Waals surface area (Å²) < 4.78 is 38.5. The van der Waals surface area contributed by atoms with Crippen molar-refractivity contribution < 1.29 is 13.2 Å². The monoisotopic (exact) mass is 329 g/mol. The Morgan fingerprint density at radius 3 is 2.58 bits per heavy atom. The van der Waals surface area contributed by atoms with Crippen LogP contribution < -0.4 is 5.32 Å². The van der Waals surface area contributed by atoms with Gasteiger partial charge in [0.2, 0.25) is 0 Å². The molecule has 0 atom stereocenters. The average molecular weight is 330 g/mol. The molecule has 1 N–H and O–H groups in total. The van der Waals surface area contributed by atoms with E-state index in [2.05, 4.69) is 21.2 Å². The molecule has 0 aliphatic carbocycles. The smallest absolute Gasteiger partial charge is 0.263 e. The SMILES string of the molecule is Fc1ccc(NCc2cccc(C(F)F)c2)cc1Br. The Hall–Kier alpha value is -1.49. The summed E-state index contributed by atoms with van der Waals surface area (Å²) in [7, 11) is 0. The Bertz CT molecular complexity index is 572. The van der Waals surface area contributed by atoms with Gasteiger partial charge in [0.15, 0.2) is 0 Å². The van der Waals surface area contributed by atoms with Crippen molar-refractivity contribution in [2.45, 2.75) is 13.0 Å². The van der Waals surface area contributed by atoms with Crippen molar-refractivity contribution >= 4 is 21.6 Å². The lowest BCUT2D eigenvalue weighted by atomic mass is 10.1. The maximum atomic E-state index is 13.0. The summed E-state index contributed by atoms with van der Waals surface area (Å²) in [5, 5.41) is 3.05. The van der Waals surface area contributed by atoms with E-state index in [-0.39, 0.29) is 11.4 Å². The van der Waals surface area contributed by atoms with E-state index in [0.717, 1.165) is 11.3 Å². The van der Waals surface area contributed by atoms with Crippen LogP contribution in [-0.2, 0) is 6.54 Å². The van der Waals surface area contributed by atoms with E-state index < -0.39 is 6.43 Å². The maximum Gasteiger partial charge on any atom is 0.263 e. The number of benzene rings is 2. The van der Waals surface area contributed by atoms with E-state index in [1.807, 2.05) is 0 Å². The fourth-order valence-corrected chi connectivity index (χ4v) is 2.03. The van der Waals surface area contributed by atoms with Crippen molar-refractivity contribution in [2.24, 2.45) is 0 Å². The molecule has 2 aromatic rings. The lowest BCUT2D eigenvalue weighted by Crippen LogP contribution is -2.00. The summed E-state index contributed by atoms with van der Waals surface area (Å²) in [5.74, 6) is -0.342. The second-order valence-electron chi connectivity index (χ2n) is 4.03. The van der Waals surface area contributed by atoms with Crippen LogP contribution in [0.4, 0.5) is 18.9 Å². The van der Waals surface area contributed by atoms with Crippen LogP contribution in [0.5, 0.6) is 0 Å². The van der Waals surface area contributed by atoms with Crippen molar-refractivity contribution in [1.82, 2.24) is 0 Å². The zero-order valence-corrected chi connectivity index (χ0v) is 11.4. The van der Waals surface area contributed by atoms with Gasteiger partial charge in [0.1, 0.15) is 5.82 Å². The summed E-state index contributed by atoms with van der Waals surface area (Å²) in [4.78, 5) is 0. The first kappa shape index (κ1) is 13.9. The molecule has 0 saturated carbocycles. The molecule has 0 aromatic heterocycles. The summed E-state index contributed by atoms with van der Waals surface area (Å²) in [6.45, 7) is 0.401. The standard InChI is InChI=1S/C14H11BrF3N/c15-12-7-11(4-5-13(12)16)19-8-9-2-1-3-10(6-9)14(17)18/h1-7,14,19H,8H2. The molecule has 0 amide bonds. The molecule has 2 aromatic carbocycles. The Morgan fingerprint density at radius 2 is 1.89 bits per heavy atom. The third-order valence-corrected chi connectivity index (χ3v) is 3.23. The van der Waals surface area contributed by atoms with Gasteiger partial charge in [0, 0.05) is 17.8 Å². The lowest BCUT2D eigenvalue weighted by Gasteiger charge is -2.08. The van der Waals surface area contributed by atoms with Crippen LogP contribution in [0.25, 0.3) is 0 Å². The minimum atomic E-state index is -2.47. The highest BCUT2D eigenvalue weighted by Crippen LogP contribution is 2.22. The highest BCUT2D eigenvalue weighted by molar-refractivity contribution is 9.10. The average Bonchev–Trinajstić information content (AvgIpc) is 2.40. The summed E-state index contributed by atoms with van der Waals surface area (Å²) in [6, 6.07) is 10.7. The van der Waals surface area contributed by atoms with Crippen molar-refractivity contribution in [2.75, 3.05) is 5.32 Å². The number of anilines is 1. The fraction of sp³-hybridized carbons (Fsp3) is 0.143. The minimum Gasteiger partial charge on any atom is -0.381 e. The topological polar surface area (TPSA) is 12.0 Å². The molecule has 19 heavy (non-hydrogen) atoms. The second-order valence-corrected chi connectivity index (χ2v) is 4.88. The van der Waals surface area contributed by atoms with E-state index in [1.165, 1.54) is 18.2 Å². The van der Waals surface area contributed by atoms with E-state index in [4.69, 9.17) is 0 Å². The number of hydrogen-bond acceptors (Lipinski definition) is 1. The molecule has 0 aliphatic heterocycles. The molecule has 100 valence electrons. The molecule has 0 bridgehead atoms. The zero-order valence-electron chi connectivity index (χ0n) is 9.84. The van der Waals surface area contributed by atoms with Crippen LogP contribution in [0.2, 0.25) is 0 Å². The Balaban J connectivity index is 2.05. The van der Waals surface area contributed by atoms with E-state index in [1.54, 1.807) is 24.3 Å². The van der Waals surface area contributed by atoms with E-state index >= 15 is 0 Å². The Morgan fingerprint density at radius 1 is 1.11 bits per heavy atom. The molecule has 0 fully saturated rings. The third-order valence-electron chi connectivity index (χ3n) is 2.62. The zero-order chi connectivity index (χ0) is 13.8. The molecule has 0 heterocycles. The van der Waals surface area contributed by atoms with Gasteiger partial charge >= 0.3 is 0 Å². The van der Waals surface area contributed by atoms with Crippen LogP contribution in [0.1, 0.15) is 17.6 Å². The number of hydrogen-bond donors (Lipinski definition) is 1. The minimum absolute atomic E-state index is 0.000383. The molecule has 1 nitrogen and oxygen atoms in total. The first-order chi connectivity index (χ1) is 9.06.